The summed E-state index contributed by atoms with van der Waals surface area (Å²) in [5.74, 6) is 0.220. The van der Waals surface area contributed by atoms with Gasteiger partial charge in [0.15, 0.2) is 0 Å². The molecule has 0 saturated carbocycles. The highest BCUT2D eigenvalue weighted by atomic mass is 79.9. The average Bonchev–Trinajstić information content (AvgIpc) is 2.31. The molecule has 100 valence electrons. The van der Waals surface area contributed by atoms with E-state index in [1.54, 1.807) is 12.1 Å². The lowest BCUT2D eigenvalue weighted by atomic mass is 9.91. The van der Waals surface area contributed by atoms with Crippen LogP contribution in [-0.4, -0.2) is 10.9 Å². The van der Waals surface area contributed by atoms with Gasteiger partial charge in [0.1, 0.15) is 5.82 Å². The van der Waals surface area contributed by atoms with Gasteiger partial charge in [0.2, 0.25) is 0 Å². The summed E-state index contributed by atoms with van der Waals surface area (Å²) < 4.78 is 14.3. The Morgan fingerprint density at radius 2 is 2.06 bits per heavy atom. The van der Waals surface area contributed by atoms with Crippen LogP contribution in [0.15, 0.2) is 27.8 Å². The molecule has 0 aliphatic heterocycles. The first-order valence-electron chi connectivity index (χ1n) is 6.09. The molecule has 18 heavy (non-hydrogen) atoms. The summed E-state index contributed by atoms with van der Waals surface area (Å²) in [6.45, 7) is 6.09. The largest absolute Gasteiger partial charge is 0.411 e. The van der Waals surface area contributed by atoms with Gasteiger partial charge in [0.25, 0.3) is 0 Å². The van der Waals surface area contributed by atoms with Crippen LogP contribution in [-0.2, 0) is 6.42 Å². The minimum Gasteiger partial charge on any atom is -0.411 e. The summed E-state index contributed by atoms with van der Waals surface area (Å²) in [5.41, 5.74) is 1.37. The molecular formula is C14H19BrFNO. The standard InChI is InChI=1S/C14H19BrFNO/c1-9(2)7-13(17-18)10(3)8-11-5-4-6-12(15)14(11)16/h4-6,9-10,18H,7-8H2,1-3H3/b17-13+. The molecule has 0 aliphatic rings. The van der Waals surface area contributed by atoms with Crippen LogP contribution in [0.3, 0.4) is 0 Å². The van der Waals surface area contributed by atoms with Crippen LogP contribution in [0.25, 0.3) is 0 Å². The van der Waals surface area contributed by atoms with Crippen molar-refractivity contribution < 1.29 is 9.60 Å². The summed E-state index contributed by atoms with van der Waals surface area (Å²) in [5, 5.41) is 12.4. The van der Waals surface area contributed by atoms with Gasteiger partial charge in [0, 0.05) is 5.92 Å². The zero-order valence-corrected chi connectivity index (χ0v) is 12.5. The molecular weight excluding hydrogens is 297 g/mol. The maximum absolute atomic E-state index is 13.8. The van der Waals surface area contributed by atoms with Crippen molar-refractivity contribution in [3.8, 4) is 0 Å². The summed E-state index contributed by atoms with van der Waals surface area (Å²) in [6.07, 6.45) is 1.27. The lowest BCUT2D eigenvalue weighted by molar-refractivity contribution is 0.312. The van der Waals surface area contributed by atoms with E-state index in [9.17, 15) is 4.39 Å². The molecule has 2 nitrogen and oxygen atoms in total. The van der Waals surface area contributed by atoms with Gasteiger partial charge in [-0.2, -0.15) is 0 Å². The fraction of sp³-hybridized carbons (Fsp3) is 0.500. The molecule has 0 aliphatic carbocycles. The minimum atomic E-state index is -0.230. The Hall–Kier alpha value is -0.900. The highest BCUT2D eigenvalue weighted by Crippen LogP contribution is 2.22. The Bertz CT molecular complexity index is 432. The van der Waals surface area contributed by atoms with Crippen molar-refractivity contribution in [3.63, 3.8) is 0 Å². The van der Waals surface area contributed by atoms with E-state index in [2.05, 4.69) is 34.9 Å². The predicted molar refractivity (Wildman–Crippen MR) is 75.6 cm³/mol. The minimum absolute atomic E-state index is 0.0289. The van der Waals surface area contributed by atoms with Gasteiger partial charge in [0.05, 0.1) is 10.2 Å². The SMILES string of the molecule is CC(C)C/C(=N\O)C(C)Cc1cccc(Br)c1F. The molecule has 1 atom stereocenters. The van der Waals surface area contributed by atoms with Gasteiger partial charge in [-0.25, -0.2) is 4.39 Å². The number of halogens is 2. The third kappa shape index (κ3) is 4.09. The molecule has 0 aromatic heterocycles. The first-order chi connectivity index (χ1) is 8.45. The van der Waals surface area contributed by atoms with Crippen molar-refractivity contribution in [2.75, 3.05) is 0 Å². The van der Waals surface area contributed by atoms with E-state index in [0.29, 0.717) is 22.4 Å². The molecule has 0 radical (unpaired) electrons. The van der Waals surface area contributed by atoms with Gasteiger partial charge in [-0.15, -0.1) is 0 Å². The highest BCUT2D eigenvalue weighted by molar-refractivity contribution is 9.10. The van der Waals surface area contributed by atoms with Crippen molar-refractivity contribution in [1.82, 2.24) is 0 Å². The molecule has 0 fully saturated rings. The topological polar surface area (TPSA) is 32.6 Å². The maximum atomic E-state index is 13.8. The van der Waals surface area contributed by atoms with Gasteiger partial charge in [-0.1, -0.05) is 38.1 Å². The van der Waals surface area contributed by atoms with E-state index in [-0.39, 0.29) is 11.7 Å². The first kappa shape index (κ1) is 15.2. The number of hydrogen-bond acceptors (Lipinski definition) is 2. The van der Waals surface area contributed by atoms with Crippen LogP contribution in [0.4, 0.5) is 4.39 Å². The van der Waals surface area contributed by atoms with E-state index in [1.165, 1.54) is 0 Å². The Morgan fingerprint density at radius 3 is 2.61 bits per heavy atom. The second-order valence-corrected chi connectivity index (χ2v) is 5.86. The van der Waals surface area contributed by atoms with E-state index in [4.69, 9.17) is 5.21 Å². The quantitative estimate of drug-likeness (QED) is 0.479. The van der Waals surface area contributed by atoms with E-state index >= 15 is 0 Å². The molecule has 1 unspecified atom stereocenters. The third-order valence-electron chi connectivity index (χ3n) is 2.87. The van der Waals surface area contributed by atoms with Crippen LogP contribution < -0.4 is 0 Å². The Balaban J connectivity index is 2.80. The number of hydrogen-bond donors (Lipinski definition) is 1. The van der Waals surface area contributed by atoms with Gasteiger partial charge >= 0.3 is 0 Å². The zero-order valence-electron chi connectivity index (χ0n) is 11.0. The number of oxime groups is 1. The summed E-state index contributed by atoms with van der Waals surface area (Å²) in [7, 11) is 0. The smallest absolute Gasteiger partial charge is 0.140 e. The Morgan fingerprint density at radius 1 is 1.39 bits per heavy atom. The Labute approximate surface area is 116 Å². The van der Waals surface area contributed by atoms with E-state index < -0.39 is 0 Å². The monoisotopic (exact) mass is 315 g/mol. The molecule has 1 N–H and O–H groups in total. The van der Waals surface area contributed by atoms with Crippen LogP contribution in [0.5, 0.6) is 0 Å². The van der Waals surface area contributed by atoms with E-state index in [1.807, 2.05) is 13.0 Å². The summed E-state index contributed by atoms with van der Waals surface area (Å²) in [4.78, 5) is 0. The molecule has 1 rings (SSSR count). The molecule has 1 aromatic rings. The van der Waals surface area contributed by atoms with Crippen LogP contribution >= 0.6 is 15.9 Å². The number of nitrogens with zero attached hydrogens (tertiary/aromatic N) is 1. The molecule has 0 amide bonds. The molecule has 0 spiro atoms. The molecule has 1 aromatic carbocycles. The third-order valence-corrected chi connectivity index (χ3v) is 3.48. The lowest BCUT2D eigenvalue weighted by Crippen LogP contribution is -2.17. The molecule has 0 bridgehead atoms. The number of rotatable bonds is 5. The molecule has 0 saturated heterocycles. The van der Waals surface area contributed by atoms with E-state index in [0.717, 1.165) is 12.1 Å². The molecule has 0 heterocycles. The van der Waals surface area contributed by atoms with Crippen molar-refractivity contribution >= 4 is 21.6 Å². The predicted octanol–water partition coefficient (Wildman–Crippen LogP) is 4.64. The van der Waals surface area contributed by atoms with Crippen molar-refractivity contribution in [3.05, 3.63) is 34.1 Å². The summed E-state index contributed by atoms with van der Waals surface area (Å²) in [6, 6.07) is 5.26. The normalized spacial score (nSPS) is 14.0. The van der Waals surface area contributed by atoms with Gasteiger partial charge in [-0.3, -0.25) is 0 Å². The number of benzene rings is 1. The van der Waals surface area contributed by atoms with Gasteiger partial charge < -0.3 is 5.21 Å². The second-order valence-electron chi connectivity index (χ2n) is 5.01. The van der Waals surface area contributed by atoms with Crippen molar-refractivity contribution in [1.29, 1.82) is 0 Å². The van der Waals surface area contributed by atoms with Crippen molar-refractivity contribution in [2.45, 2.75) is 33.6 Å². The lowest BCUT2D eigenvalue weighted by Gasteiger charge is -2.15. The summed E-state index contributed by atoms with van der Waals surface area (Å²) >= 11 is 3.18. The van der Waals surface area contributed by atoms with Crippen LogP contribution in [0.1, 0.15) is 32.8 Å². The zero-order chi connectivity index (χ0) is 13.7. The molecule has 4 heteroatoms. The fourth-order valence-electron chi connectivity index (χ4n) is 1.91. The average molecular weight is 316 g/mol. The first-order valence-corrected chi connectivity index (χ1v) is 6.88. The van der Waals surface area contributed by atoms with Crippen LogP contribution in [0.2, 0.25) is 0 Å². The van der Waals surface area contributed by atoms with Crippen LogP contribution in [0, 0.1) is 17.7 Å². The highest BCUT2D eigenvalue weighted by Gasteiger charge is 2.16. The second kappa shape index (κ2) is 6.88. The Kier molecular flexibility index (Phi) is 5.79. The maximum Gasteiger partial charge on any atom is 0.140 e. The van der Waals surface area contributed by atoms with Crippen molar-refractivity contribution in [2.24, 2.45) is 17.0 Å². The van der Waals surface area contributed by atoms with Gasteiger partial charge in [-0.05, 0) is 46.3 Å². The fourth-order valence-corrected chi connectivity index (χ4v) is 2.32.